The van der Waals surface area contributed by atoms with E-state index in [-0.39, 0.29) is 23.8 Å². The Morgan fingerprint density at radius 2 is 1.60 bits per heavy atom. The summed E-state index contributed by atoms with van der Waals surface area (Å²) in [4.78, 5) is 12.5. The lowest BCUT2D eigenvalue weighted by Crippen LogP contribution is -2.28. The van der Waals surface area contributed by atoms with Crippen LogP contribution in [0.1, 0.15) is 18.4 Å². The van der Waals surface area contributed by atoms with Gasteiger partial charge in [0.2, 0.25) is 15.9 Å². The van der Waals surface area contributed by atoms with Gasteiger partial charge >= 0.3 is 0 Å². The molecule has 0 spiro atoms. The molecule has 30 heavy (non-hydrogen) atoms. The number of nitrogens with one attached hydrogen (secondary N) is 1. The standard InChI is InChI=1S/C21H28N2O6S/c1-15-13-19(28-4)20(29-5)14-18(15)22-21(24)7-6-12-23(2)30(25,26)17-10-8-16(27-3)9-11-17/h8-11,13-14H,6-7,12H2,1-5H3,(H,22,24). The van der Waals surface area contributed by atoms with E-state index in [2.05, 4.69) is 5.32 Å². The van der Waals surface area contributed by atoms with Gasteiger partial charge in [-0.25, -0.2) is 12.7 Å². The summed E-state index contributed by atoms with van der Waals surface area (Å²) in [6, 6.07) is 9.67. The van der Waals surface area contributed by atoms with Crippen LogP contribution >= 0.6 is 0 Å². The summed E-state index contributed by atoms with van der Waals surface area (Å²) in [6.07, 6.45) is 0.556. The number of ether oxygens (including phenoxy) is 3. The molecule has 0 bridgehead atoms. The van der Waals surface area contributed by atoms with E-state index >= 15 is 0 Å². The molecule has 0 radical (unpaired) electrons. The minimum atomic E-state index is -3.63. The van der Waals surface area contributed by atoms with E-state index in [1.54, 1.807) is 31.4 Å². The minimum Gasteiger partial charge on any atom is -0.497 e. The number of benzene rings is 2. The average Bonchev–Trinajstić information content (AvgIpc) is 2.74. The molecule has 0 aliphatic rings. The summed E-state index contributed by atoms with van der Waals surface area (Å²) >= 11 is 0. The first-order valence-electron chi connectivity index (χ1n) is 9.35. The first-order valence-corrected chi connectivity index (χ1v) is 10.8. The molecule has 0 heterocycles. The third-order valence-corrected chi connectivity index (χ3v) is 6.52. The molecule has 1 N–H and O–H groups in total. The quantitative estimate of drug-likeness (QED) is 0.615. The number of rotatable bonds is 10. The van der Waals surface area contributed by atoms with Crippen LogP contribution in [0.15, 0.2) is 41.3 Å². The third kappa shape index (κ3) is 5.64. The molecule has 0 saturated carbocycles. The first-order chi connectivity index (χ1) is 14.2. The van der Waals surface area contributed by atoms with Gasteiger partial charge in [-0.3, -0.25) is 4.79 Å². The summed E-state index contributed by atoms with van der Waals surface area (Å²) < 4.78 is 42.1. The molecule has 8 nitrogen and oxygen atoms in total. The van der Waals surface area contributed by atoms with Crippen molar-refractivity contribution in [2.24, 2.45) is 0 Å². The maximum absolute atomic E-state index is 12.6. The van der Waals surface area contributed by atoms with Crippen molar-refractivity contribution in [2.45, 2.75) is 24.7 Å². The molecule has 0 aromatic heterocycles. The Bertz CT molecular complexity index is 974. The summed E-state index contributed by atoms with van der Waals surface area (Å²) in [5, 5.41) is 2.84. The zero-order chi connectivity index (χ0) is 22.3. The summed E-state index contributed by atoms with van der Waals surface area (Å²) in [5.74, 6) is 1.47. The fraction of sp³-hybridized carbons (Fsp3) is 0.381. The van der Waals surface area contributed by atoms with Gasteiger partial charge in [-0.15, -0.1) is 0 Å². The van der Waals surface area contributed by atoms with Gasteiger partial charge in [-0.1, -0.05) is 0 Å². The Balaban J connectivity index is 1.93. The largest absolute Gasteiger partial charge is 0.497 e. The lowest BCUT2D eigenvalue weighted by molar-refractivity contribution is -0.116. The number of hydrogen-bond acceptors (Lipinski definition) is 6. The second-order valence-electron chi connectivity index (χ2n) is 6.68. The van der Waals surface area contributed by atoms with Crippen molar-refractivity contribution in [3.63, 3.8) is 0 Å². The van der Waals surface area contributed by atoms with Crippen molar-refractivity contribution >= 4 is 21.6 Å². The Morgan fingerprint density at radius 1 is 1.00 bits per heavy atom. The van der Waals surface area contributed by atoms with Crippen molar-refractivity contribution in [1.29, 1.82) is 0 Å². The van der Waals surface area contributed by atoms with Crippen LogP contribution in [-0.2, 0) is 14.8 Å². The van der Waals surface area contributed by atoms with Crippen molar-refractivity contribution in [3.8, 4) is 17.2 Å². The maximum atomic E-state index is 12.6. The van der Waals surface area contributed by atoms with E-state index in [0.717, 1.165) is 5.56 Å². The Kier molecular flexibility index (Phi) is 8.08. The fourth-order valence-electron chi connectivity index (χ4n) is 2.84. The first kappa shape index (κ1) is 23.5. The zero-order valence-corrected chi connectivity index (χ0v) is 18.7. The van der Waals surface area contributed by atoms with Crippen molar-refractivity contribution in [3.05, 3.63) is 42.0 Å². The van der Waals surface area contributed by atoms with Crippen LogP contribution in [0.4, 0.5) is 5.69 Å². The molecule has 0 unspecified atom stereocenters. The number of aryl methyl sites for hydroxylation is 1. The van der Waals surface area contributed by atoms with Crippen LogP contribution in [0, 0.1) is 6.92 Å². The zero-order valence-electron chi connectivity index (χ0n) is 17.9. The second kappa shape index (κ2) is 10.3. The highest BCUT2D eigenvalue weighted by atomic mass is 32.2. The van der Waals surface area contributed by atoms with E-state index in [0.29, 0.717) is 29.4 Å². The molecule has 2 aromatic rings. The number of carbonyl (C=O) groups excluding carboxylic acids is 1. The SMILES string of the molecule is COc1ccc(S(=O)(=O)N(C)CCCC(=O)Nc2cc(OC)c(OC)cc2C)cc1. The molecular formula is C21H28N2O6S. The molecule has 9 heteroatoms. The fourth-order valence-corrected chi connectivity index (χ4v) is 4.05. The second-order valence-corrected chi connectivity index (χ2v) is 8.72. The topological polar surface area (TPSA) is 94.2 Å². The molecule has 2 rings (SSSR count). The van der Waals surface area contributed by atoms with Gasteiger partial charge < -0.3 is 19.5 Å². The molecule has 0 fully saturated rings. The number of nitrogens with zero attached hydrogens (tertiary/aromatic N) is 1. The highest BCUT2D eigenvalue weighted by Gasteiger charge is 2.20. The van der Waals surface area contributed by atoms with E-state index < -0.39 is 10.0 Å². The van der Waals surface area contributed by atoms with E-state index in [1.165, 1.54) is 37.7 Å². The number of carbonyl (C=O) groups is 1. The van der Waals surface area contributed by atoms with Crippen LogP contribution < -0.4 is 19.5 Å². The predicted octanol–water partition coefficient (Wildman–Crippen LogP) is 3.06. The predicted molar refractivity (Wildman–Crippen MR) is 115 cm³/mol. The van der Waals surface area contributed by atoms with E-state index in [4.69, 9.17) is 14.2 Å². The average molecular weight is 437 g/mol. The van der Waals surface area contributed by atoms with Gasteiger partial charge in [-0.2, -0.15) is 0 Å². The number of anilines is 1. The third-order valence-electron chi connectivity index (χ3n) is 4.65. The van der Waals surface area contributed by atoms with Crippen LogP contribution in [0.2, 0.25) is 0 Å². The molecule has 0 aliphatic heterocycles. The number of methoxy groups -OCH3 is 3. The van der Waals surface area contributed by atoms with Crippen molar-refractivity contribution in [1.82, 2.24) is 4.31 Å². The van der Waals surface area contributed by atoms with Crippen LogP contribution in [0.3, 0.4) is 0 Å². The Hall–Kier alpha value is -2.78. The van der Waals surface area contributed by atoms with Gasteiger partial charge in [0, 0.05) is 31.8 Å². The number of amides is 1. The van der Waals surface area contributed by atoms with Gasteiger partial charge in [0.1, 0.15) is 5.75 Å². The van der Waals surface area contributed by atoms with Gasteiger partial charge in [0.25, 0.3) is 0 Å². The van der Waals surface area contributed by atoms with Crippen molar-refractivity contribution < 1.29 is 27.4 Å². The summed E-state index contributed by atoms with van der Waals surface area (Å²) in [7, 11) is 2.46. The minimum absolute atomic E-state index is 0.177. The molecule has 2 aromatic carbocycles. The molecule has 0 saturated heterocycles. The number of hydrogen-bond donors (Lipinski definition) is 1. The monoisotopic (exact) mass is 436 g/mol. The molecule has 164 valence electrons. The van der Waals surface area contributed by atoms with Crippen LogP contribution in [0.25, 0.3) is 0 Å². The Labute approximate surface area is 177 Å². The summed E-state index contributed by atoms with van der Waals surface area (Å²) in [6.45, 7) is 2.07. The normalized spacial score (nSPS) is 11.3. The lowest BCUT2D eigenvalue weighted by atomic mass is 10.1. The van der Waals surface area contributed by atoms with Crippen molar-refractivity contribution in [2.75, 3.05) is 40.2 Å². The van der Waals surface area contributed by atoms with E-state index in [9.17, 15) is 13.2 Å². The molecule has 0 atom stereocenters. The molecule has 1 amide bonds. The number of sulfonamides is 1. The smallest absolute Gasteiger partial charge is 0.242 e. The molecule has 0 aliphatic carbocycles. The van der Waals surface area contributed by atoms with Gasteiger partial charge in [0.15, 0.2) is 11.5 Å². The Morgan fingerprint density at radius 3 is 2.17 bits per heavy atom. The summed E-state index contributed by atoms with van der Waals surface area (Å²) in [5.41, 5.74) is 1.46. The highest BCUT2D eigenvalue weighted by Crippen LogP contribution is 2.33. The van der Waals surface area contributed by atoms with Crippen LogP contribution in [-0.4, -0.2) is 53.6 Å². The van der Waals surface area contributed by atoms with Gasteiger partial charge in [0.05, 0.1) is 26.2 Å². The highest BCUT2D eigenvalue weighted by molar-refractivity contribution is 7.89. The maximum Gasteiger partial charge on any atom is 0.242 e. The van der Waals surface area contributed by atoms with Crippen LogP contribution in [0.5, 0.6) is 17.2 Å². The molecular weight excluding hydrogens is 408 g/mol. The lowest BCUT2D eigenvalue weighted by Gasteiger charge is -2.17. The van der Waals surface area contributed by atoms with Gasteiger partial charge in [-0.05, 0) is 49.2 Å². The van der Waals surface area contributed by atoms with E-state index in [1.807, 2.05) is 6.92 Å².